The molecule has 0 saturated carbocycles. The summed E-state index contributed by atoms with van der Waals surface area (Å²) in [6.07, 6.45) is 1.64. The minimum atomic E-state index is -0.385. The maximum Gasteiger partial charge on any atom is 0.261 e. The van der Waals surface area contributed by atoms with Gasteiger partial charge in [-0.25, -0.2) is 0 Å². The Labute approximate surface area is 199 Å². The number of hydrogen-bond acceptors (Lipinski definition) is 6. The summed E-state index contributed by atoms with van der Waals surface area (Å²) in [5, 5.41) is 2.95. The second-order valence-electron chi connectivity index (χ2n) is 8.89. The predicted molar refractivity (Wildman–Crippen MR) is 125 cm³/mol. The van der Waals surface area contributed by atoms with E-state index < -0.39 is 0 Å². The van der Waals surface area contributed by atoms with Gasteiger partial charge >= 0.3 is 0 Å². The molecule has 180 valence electrons. The minimum Gasteiger partial charge on any atom is -0.493 e. The van der Waals surface area contributed by atoms with Crippen LogP contribution in [0.3, 0.4) is 0 Å². The van der Waals surface area contributed by atoms with Crippen molar-refractivity contribution in [2.24, 2.45) is 0 Å². The van der Waals surface area contributed by atoms with Crippen LogP contribution in [0.5, 0.6) is 11.5 Å². The number of methoxy groups -OCH3 is 1. The topological polar surface area (TPSA) is 94.2 Å². The SMILES string of the molecule is COc1cc(C(C)NC(=O)c2ccc3c(c2)C(=O)N(CC2CCCO2)C3=O)ccc1OC(C)C. The molecule has 0 spiro atoms. The average molecular weight is 467 g/mol. The molecule has 0 radical (unpaired) electrons. The highest BCUT2D eigenvalue weighted by molar-refractivity contribution is 6.22. The Bertz CT molecular complexity index is 1110. The van der Waals surface area contributed by atoms with Crippen LogP contribution in [0.25, 0.3) is 0 Å². The molecule has 2 aromatic rings. The fourth-order valence-corrected chi connectivity index (χ4v) is 4.26. The van der Waals surface area contributed by atoms with Crippen LogP contribution in [0.15, 0.2) is 36.4 Å². The fourth-order valence-electron chi connectivity index (χ4n) is 4.26. The number of imide groups is 1. The lowest BCUT2D eigenvalue weighted by molar-refractivity contribution is 0.0475. The first-order chi connectivity index (χ1) is 16.3. The smallest absolute Gasteiger partial charge is 0.261 e. The number of carbonyl (C=O) groups excluding carboxylic acids is 3. The highest BCUT2D eigenvalue weighted by Crippen LogP contribution is 2.31. The summed E-state index contributed by atoms with van der Waals surface area (Å²) >= 11 is 0. The van der Waals surface area contributed by atoms with Gasteiger partial charge in [-0.1, -0.05) is 6.07 Å². The highest BCUT2D eigenvalue weighted by Gasteiger charge is 2.38. The van der Waals surface area contributed by atoms with Gasteiger partial charge in [-0.05, 0) is 69.5 Å². The van der Waals surface area contributed by atoms with Crippen molar-refractivity contribution in [3.8, 4) is 11.5 Å². The van der Waals surface area contributed by atoms with Crippen LogP contribution < -0.4 is 14.8 Å². The summed E-state index contributed by atoms with van der Waals surface area (Å²) in [5.74, 6) is 0.152. The lowest BCUT2D eigenvalue weighted by atomic mass is 10.0. The van der Waals surface area contributed by atoms with E-state index in [0.29, 0.717) is 29.2 Å². The zero-order valence-electron chi connectivity index (χ0n) is 19.9. The van der Waals surface area contributed by atoms with Crippen molar-refractivity contribution in [2.45, 2.75) is 51.9 Å². The number of rotatable bonds is 8. The maximum atomic E-state index is 12.9. The largest absolute Gasteiger partial charge is 0.493 e. The molecular formula is C26H30N2O6. The molecule has 1 fully saturated rings. The van der Waals surface area contributed by atoms with Gasteiger partial charge in [0.15, 0.2) is 11.5 Å². The Hall–Kier alpha value is -3.39. The normalized spacial score (nSPS) is 18.3. The molecule has 2 aliphatic rings. The number of amides is 3. The van der Waals surface area contributed by atoms with Crippen molar-refractivity contribution in [3.63, 3.8) is 0 Å². The Balaban J connectivity index is 1.47. The third-order valence-electron chi connectivity index (χ3n) is 6.04. The number of nitrogens with one attached hydrogen (secondary N) is 1. The second-order valence-corrected chi connectivity index (χ2v) is 8.89. The van der Waals surface area contributed by atoms with Crippen molar-refractivity contribution < 1.29 is 28.6 Å². The van der Waals surface area contributed by atoms with Gasteiger partial charge in [0, 0.05) is 12.2 Å². The molecule has 2 heterocycles. The van der Waals surface area contributed by atoms with Crippen LogP contribution in [0.4, 0.5) is 0 Å². The summed E-state index contributed by atoms with van der Waals surface area (Å²) < 4.78 is 16.8. The number of nitrogens with zero attached hydrogens (tertiary/aromatic N) is 1. The molecule has 2 aromatic carbocycles. The fraction of sp³-hybridized carbons (Fsp3) is 0.423. The van der Waals surface area contributed by atoms with Gasteiger partial charge in [0.25, 0.3) is 17.7 Å². The number of benzene rings is 2. The quantitative estimate of drug-likeness (QED) is 0.596. The van der Waals surface area contributed by atoms with Gasteiger partial charge in [-0.2, -0.15) is 0 Å². The third kappa shape index (κ3) is 4.77. The third-order valence-corrected chi connectivity index (χ3v) is 6.04. The van der Waals surface area contributed by atoms with E-state index in [1.54, 1.807) is 19.2 Å². The van der Waals surface area contributed by atoms with E-state index in [1.807, 2.05) is 39.0 Å². The lowest BCUT2D eigenvalue weighted by Gasteiger charge is -2.18. The van der Waals surface area contributed by atoms with Gasteiger partial charge in [0.2, 0.25) is 0 Å². The summed E-state index contributed by atoms with van der Waals surface area (Å²) in [7, 11) is 1.57. The molecule has 0 aliphatic carbocycles. The molecule has 0 aromatic heterocycles. The van der Waals surface area contributed by atoms with Crippen LogP contribution in [0.1, 0.15) is 76.3 Å². The molecule has 2 unspecified atom stereocenters. The van der Waals surface area contributed by atoms with Crippen LogP contribution in [0.2, 0.25) is 0 Å². The van der Waals surface area contributed by atoms with E-state index in [0.717, 1.165) is 18.4 Å². The number of carbonyl (C=O) groups is 3. The van der Waals surface area contributed by atoms with Crippen molar-refractivity contribution in [3.05, 3.63) is 58.7 Å². The number of hydrogen-bond donors (Lipinski definition) is 1. The lowest BCUT2D eigenvalue weighted by Crippen LogP contribution is -2.36. The summed E-state index contributed by atoms with van der Waals surface area (Å²) in [4.78, 5) is 39.8. The van der Waals surface area contributed by atoms with E-state index in [4.69, 9.17) is 14.2 Å². The van der Waals surface area contributed by atoms with Crippen LogP contribution >= 0.6 is 0 Å². The molecule has 3 amide bonds. The monoisotopic (exact) mass is 466 g/mol. The number of fused-ring (bicyclic) bond motifs is 1. The maximum absolute atomic E-state index is 12.9. The van der Waals surface area contributed by atoms with Crippen molar-refractivity contribution in [1.82, 2.24) is 10.2 Å². The second kappa shape index (κ2) is 9.85. The van der Waals surface area contributed by atoms with Crippen LogP contribution in [-0.4, -0.2) is 55.1 Å². The molecule has 8 nitrogen and oxygen atoms in total. The van der Waals surface area contributed by atoms with Crippen molar-refractivity contribution >= 4 is 17.7 Å². The summed E-state index contributed by atoms with van der Waals surface area (Å²) in [6.45, 7) is 6.62. The minimum absolute atomic E-state index is 0.00731. The average Bonchev–Trinajstić information content (AvgIpc) is 3.41. The van der Waals surface area contributed by atoms with Crippen LogP contribution in [0, 0.1) is 0 Å². The van der Waals surface area contributed by atoms with Gasteiger partial charge in [-0.15, -0.1) is 0 Å². The van der Waals surface area contributed by atoms with Gasteiger partial charge in [0.05, 0.1) is 43.0 Å². The first kappa shape index (κ1) is 23.8. The summed E-state index contributed by atoms with van der Waals surface area (Å²) in [6, 6.07) is 9.81. The molecule has 34 heavy (non-hydrogen) atoms. The molecular weight excluding hydrogens is 436 g/mol. The molecule has 8 heteroatoms. The molecule has 1 N–H and O–H groups in total. The molecule has 0 bridgehead atoms. The zero-order chi connectivity index (χ0) is 24.4. The standard InChI is InChI=1S/C26H30N2O6/c1-15(2)34-22-10-8-17(13-23(22)32-4)16(3)27-24(29)18-7-9-20-21(12-18)26(31)28(25(20)30)14-19-6-5-11-33-19/h7-10,12-13,15-16,19H,5-6,11,14H2,1-4H3,(H,27,29). The predicted octanol–water partition coefficient (Wildman–Crippen LogP) is 3.75. The van der Waals surface area contributed by atoms with Crippen molar-refractivity contribution in [1.29, 1.82) is 0 Å². The van der Waals surface area contributed by atoms with E-state index in [1.165, 1.54) is 11.0 Å². The Morgan fingerprint density at radius 2 is 1.85 bits per heavy atom. The van der Waals surface area contributed by atoms with Crippen LogP contribution in [-0.2, 0) is 4.74 Å². The Kier molecular flexibility index (Phi) is 6.88. The zero-order valence-corrected chi connectivity index (χ0v) is 19.9. The summed E-state index contributed by atoms with van der Waals surface area (Å²) in [5.41, 5.74) is 1.73. The van der Waals surface area contributed by atoms with E-state index >= 15 is 0 Å². The van der Waals surface area contributed by atoms with E-state index in [-0.39, 0.29) is 48.1 Å². The number of ether oxygens (including phenoxy) is 3. The van der Waals surface area contributed by atoms with Crippen molar-refractivity contribution in [2.75, 3.05) is 20.3 Å². The highest BCUT2D eigenvalue weighted by atomic mass is 16.5. The van der Waals surface area contributed by atoms with Gasteiger partial charge in [0.1, 0.15) is 0 Å². The Morgan fingerprint density at radius 1 is 1.09 bits per heavy atom. The molecule has 1 saturated heterocycles. The molecule has 2 atom stereocenters. The van der Waals surface area contributed by atoms with Gasteiger partial charge < -0.3 is 19.5 Å². The molecule has 4 rings (SSSR count). The first-order valence-corrected chi connectivity index (χ1v) is 11.6. The van der Waals surface area contributed by atoms with E-state index in [2.05, 4.69) is 5.32 Å². The molecule has 2 aliphatic heterocycles. The Morgan fingerprint density at radius 3 is 2.53 bits per heavy atom. The van der Waals surface area contributed by atoms with Gasteiger partial charge in [-0.3, -0.25) is 19.3 Å². The first-order valence-electron chi connectivity index (χ1n) is 11.6. The van der Waals surface area contributed by atoms with E-state index in [9.17, 15) is 14.4 Å².